The lowest BCUT2D eigenvalue weighted by atomic mass is 10.3. The summed E-state index contributed by atoms with van der Waals surface area (Å²) in [5.41, 5.74) is 1.32. The number of rotatable bonds is 3. The molecule has 1 aromatic heterocycles. The number of aromatic nitrogens is 2. The molecule has 23 heavy (non-hydrogen) atoms. The maximum absolute atomic E-state index is 12.8. The number of thioether (sulfide) groups is 1. The Morgan fingerprint density at radius 1 is 1.17 bits per heavy atom. The molecular weight excluding hydrogens is 334 g/mol. The first kappa shape index (κ1) is 16.1. The van der Waals surface area contributed by atoms with Gasteiger partial charge in [-0.05, 0) is 18.4 Å². The lowest BCUT2D eigenvalue weighted by molar-refractivity contribution is 0.0761. The number of amides is 1. The highest BCUT2D eigenvalue weighted by Crippen LogP contribution is 2.23. The SMILES string of the molecule is CSc1ncc(C(=O)N2CCS(=O)(=O)CC2)n1-c1ccccc1. The van der Waals surface area contributed by atoms with Gasteiger partial charge in [-0.2, -0.15) is 0 Å². The summed E-state index contributed by atoms with van der Waals surface area (Å²) in [4.78, 5) is 18.7. The first-order valence-electron chi connectivity index (χ1n) is 7.19. The van der Waals surface area contributed by atoms with E-state index in [1.54, 1.807) is 11.1 Å². The molecule has 0 N–H and O–H groups in total. The van der Waals surface area contributed by atoms with Crippen LogP contribution in [0.4, 0.5) is 0 Å². The van der Waals surface area contributed by atoms with E-state index in [1.165, 1.54) is 11.8 Å². The summed E-state index contributed by atoms with van der Waals surface area (Å²) in [6.45, 7) is 0.464. The number of benzene rings is 1. The maximum atomic E-state index is 12.8. The Labute approximate surface area is 139 Å². The minimum absolute atomic E-state index is 0.0214. The molecule has 2 heterocycles. The summed E-state index contributed by atoms with van der Waals surface area (Å²) in [7, 11) is -3.01. The second-order valence-electron chi connectivity index (χ2n) is 5.25. The summed E-state index contributed by atoms with van der Waals surface area (Å²) in [6.07, 6.45) is 3.47. The molecule has 122 valence electrons. The lowest BCUT2D eigenvalue weighted by Crippen LogP contribution is -2.44. The molecule has 0 atom stereocenters. The van der Waals surface area contributed by atoms with Crippen molar-refractivity contribution in [3.63, 3.8) is 0 Å². The largest absolute Gasteiger partial charge is 0.335 e. The summed E-state index contributed by atoms with van der Waals surface area (Å²) in [5.74, 6) is -0.141. The predicted octanol–water partition coefficient (Wildman–Crippen LogP) is 1.46. The molecule has 0 spiro atoms. The van der Waals surface area contributed by atoms with E-state index in [-0.39, 0.29) is 30.5 Å². The lowest BCUT2D eigenvalue weighted by Gasteiger charge is -2.27. The van der Waals surface area contributed by atoms with E-state index < -0.39 is 9.84 Å². The zero-order chi connectivity index (χ0) is 16.4. The Balaban J connectivity index is 1.94. The summed E-state index contributed by atoms with van der Waals surface area (Å²) >= 11 is 1.46. The van der Waals surface area contributed by atoms with Crippen LogP contribution in [0.25, 0.3) is 5.69 Å². The fourth-order valence-electron chi connectivity index (χ4n) is 2.53. The van der Waals surface area contributed by atoms with Gasteiger partial charge in [0.2, 0.25) is 0 Å². The normalized spacial score (nSPS) is 17.2. The molecule has 0 aliphatic carbocycles. The van der Waals surface area contributed by atoms with Crippen LogP contribution in [-0.4, -0.2) is 59.6 Å². The van der Waals surface area contributed by atoms with Crippen LogP contribution in [0, 0.1) is 0 Å². The van der Waals surface area contributed by atoms with Crippen molar-refractivity contribution >= 4 is 27.5 Å². The van der Waals surface area contributed by atoms with E-state index in [2.05, 4.69) is 4.98 Å². The van der Waals surface area contributed by atoms with Crippen LogP contribution in [0.5, 0.6) is 0 Å². The monoisotopic (exact) mass is 351 g/mol. The van der Waals surface area contributed by atoms with Crippen molar-refractivity contribution in [3.8, 4) is 5.69 Å². The Morgan fingerprint density at radius 3 is 2.43 bits per heavy atom. The van der Waals surface area contributed by atoms with Gasteiger partial charge < -0.3 is 4.90 Å². The fraction of sp³-hybridized carbons (Fsp3) is 0.333. The summed E-state index contributed by atoms with van der Waals surface area (Å²) in [5, 5.41) is 0.726. The number of sulfone groups is 1. The standard InChI is InChI=1S/C15H17N3O3S2/c1-22-15-16-11-13(18(15)12-5-3-2-4-6-12)14(19)17-7-9-23(20,21)10-8-17/h2-6,11H,7-10H2,1H3. The van der Waals surface area contributed by atoms with E-state index in [0.29, 0.717) is 5.69 Å². The average molecular weight is 351 g/mol. The molecule has 8 heteroatoms. The first-order valence-corrected chi connectivity index (χ1v) is 10.2. The highest BCUT2D eigenvalue weighted by Gasteiger charge is 2.28. The molecule has 2 aromatic rings. The molecule has 1 saturated heterocycles. The molecular formula is C15H17N3O3S2. The van der Waals surface area contributed by atoms with Crippen molar-refractivity contribution in [2.24, 2.45) is 0 Å². The number of carbonyl (C=O) groups excluding carboxylic acids is 1. The van der Waals surface area contributed by atoms with Crippen molar-refractivity contribution in [1.82, 2.24) is 14.5 Å². The second-order valence-corrected chi connectivity index (χ2v) is 8.32. The zero-order valence-electron chi connectivity index (χ0n) is 12.7. The number of nitrogens with zero attached hydrogens (tertiary/aromatic N) is 3. The number of imidazole rings is 1. The smallest absolute Gasteiger partial charge is 0.272 e. The maximum Gasteiger partial charge on any atom is 0.272 e. The minimum atomic E-state index is -3.01. The zero-order valence-corrected chi connectivity index (χ0v) is 14.3. The second kappa shape index (κ2) is 6.37. The van der Waals surface area contributed by atoms with Gasteiger partial charge in [0.25, 0.3) is 5.91 Å². The van der Waals surface area contributed by atoms with Crippen LogP contribution in [0.1, 0.15) is 10.5 Å². The third-order valence-electron chi connectivity index (χ3n) is 3.78. The van der Waals surface area contributed by atoms with Gasteiger partial charge in [-0.3, -0.25) is 9.36 Å². The van der Waals surface area contributed by atoms with Crippen LogP contribution >= 0.6 is 11.8 Å². The van der Waals surface area contributed by atoms with Crippen molar-refractivity contribution in [2.75, 3.05) is 30.9 Å². The third-order valence-corrected chi connectivity index (χ3v) is 6.04. The van der Waals surface area contributed by atoms with E-state index >= 15 is 0 Å². The van der Waals surface area contributed by atoms with Gasteiger partial charge in [0, 0.05) is 18.8 Å². The summed E-state index contributed by atoms with van der Waals surface area (Å²) < 4.78 is 24.9. The minimum Gasteiger partial charge on any atom is -0.335 e. The Kier molecular flexibility index (Phi) is 4.45. The van der Waals surface area contributed by atoms with Gasteiger partial charge in [-0.1, -0.05) is 30.0 Å². The van der Waals surface area contributed by atoms with Crippen LogP contribution in [-0.2, 0) is 9.84 Å². The highest BCUT2D eigenvalue weighted by molar-refractivity contribution is 7.98. The number of carbonyl (C=O) groups is 1. The van der Waals surface area contributed by atoms with Crippen LogP contribution in [0.3, 0.4) is 0 Å². The van der Waals surface area contributed by atoms with Crippen molar-refractivity contribution in [1.29, 1.82) is 0 Å². The summed E-state index contributed by atoms with van der Waals surface area (Å²) in [6, 6.07) is 9.55. The van der Waals surface area contributed by atoms with Gasteiger partial charge >= 0.3 is 0 Å². The molecule has 3 rings (SSSR count). The first-order chi connectivity index (χ1) is 11.0. The van der Waals surface area contributed by atoms with E-state index in [9.17, 15) is 13.2 Å². The Bertz CT molecular complexity index is 802. The molecule has 6 nitrogen and oxygen atoms in total. The molecule has 0 unspecified atom stereocenters. The van der Waals surface area contributed by atoms with E-state index in [4.69, 9.17) is 0 Å². The predicted molar refractivity (Wildman–Crippen MR) is 89.9 cm³/mol. The Hall–Kier alpha value is -1.80. The fourth-order valence-corrected chi connectivity index (χ4v) is 4.28. The molecule has 0 radical (unpaired) electrons. The average Bonchev–Trinajstić information content (AvgIpc) is 2.99. The number of hydrogen-bond acceptors (Lipinski definition) is 5. The van der Waals surface area contributed by atoms with Gasteiger partial charge in [0.05, 0.1) is 17.7 Å². The third kappa shape index (κ3) is 3.28. The van der Waals surface area contributed by atoms with Gasteiger partial charge in [-0.15, -0.1) is 0 Å². The Morgan fingerprint density at radius 2 is 1.83 bits per heavy atom. The van der Waals surface area contributed by atoms with Crippen molar-refractivity contribution in [3.05, 3.63) is 42.2 Å². The quantitative estimate of drug-likeness (QED) is 0.783. The van der Waals surface area contributed by atoms with Gasteiger partial charge in [0.1, 0.15) is 5.69 Å². The molecule has 0 bridgehead atoms. The van der Waals surface area contributed by atoms with Crippen LogP contribution in [0.15, 0.2) is 41.7 Å². The van der Waals surface area contributed by atoms with Crippen molar-refractivity contribution < 1.29 is 13.2 Å². The molecule has 1 aromatic carbocycles. The number of hydrogen-bond donors (Lipinski definition) is 0. The van der Waals surface area contributed by atoms with Gasteiger partial charge in [0.15, 0.2) is 15.0 Å². The topological polar surface area (TPSA) is 72.3 Å². The molecule has 1 amide bonds. The molecule has 0 saturated carbocycles. The van der Waals surface area contributed by atoms with E-state index in [0.717, 1.165) is 10.8 Å². The molecule has 1 aliphatic rings. The number of para-hydroxylation sites is 1. The van der Waals surface area contributed by atoms with Crippen molar-refractivity contribution in [2.45, 2.75) is 5.16 Å². The highest BCUT2D eigenvalue weighted by atomic mass is 32.2. The van der Waals surface area contributed by atoms with Crippen LogP contribution < -0.4 is 0 Å². The van der Waals surface area contributed by atoms with E-state index in [1.807, 2.05) is 41.2 Å². The van der Waals surface area contributed by atoms with Gasteiger partial charge in [-0.25, -0.2) is 13.4 Å². The van der Waals surface area contributed by atoms with Crippen LogP contribution in [0.2, 0.25) is 0 Å². The molecule has 1 aliphatic heterocycles. The molecule has 1 fully saturated rings.